The summed E-state index contributed by atoms with van der Waals surface area (Å²) in [5, 5.41) is 2.76. The van der Waals surface area contributed by atoms with Gasteiger partial charge in [-0.05, 0) is 37.3 Å². The fraction of sp³-hybridized carbons (Fsp3) is 0.0667. The van der Waals surface area contributed by atoms with Gasteiger partial charge in [0.2, 0.25) is 0 Å². The molecule has 0 fully saturated rings. The minimum Gasteiger partial charge on any atom is -0.319 e. The number of aryl methyl sites for hydroxylation is 1. The molecule has 6 heteroatoms. The molecule has 1 N–H and O–H groups in total. The number of hydrogen-bond acceptors (Lipinski definition) is 2. The normalized spacial score (nSPS) is 10.8. The van der Waals surface area contributed by atoms with Crippen molar-refractivity contribution in [3.63, 3.8) is 0 Å². The van der Waals surface area contributed by atoms with Crippen molar-refractivity contribution >= 4 is 28.8 Å². The second kappa shape index (κ2) is 5.18. The SMILES string of the molecule is Cc1cccc2nc(C(=O)Nc3ccc(F)cc3Cl)cn12. The summed E-state index contributed by atoms with van der Waals surface area (Å²) in [6.07, 6.45) is 1.65. The number of amides is 1. The Morgan fingerprint density at radius 1 is 1.33 bits per heavy atom. The lowest BCUT2D eigenvalue weighted by Gasteiger charge is -2.05. The minimum absolute atomic E-state index is 0.142. The molecular weight excluding hydrogens is 293 g/mol. The predicted molar refractivity (Wildman–Crippen MR) is 79.3 cm³/mol. The molecule has 0 bridgehead atoms. The van der Waals surface area contributed by atoms with Gasteiger partial charge in [0, 0.05) is 11.9 Å². The van der Waals surface area contributed by atoms with E-state index in [1.807, 2.05) is 29.5 Å². The summed E-state index contributed by atoms with van der Waals surface area (Å²) in [6.45, 7) is 1.92. The zero-order valence-electron chi connectivity index (χ0n) is 11.1. The van der Waals surface area contributed by atoms with Crippen molar-refractivity contribution < 1.29 is 9.18 Å². The third-order valence-corrected chi connectivity index (χ3v) is 3.42. The molecule has 3 rings (SSSR count). The molecule has 0 saturated carbocycles. The number of halogens is 2. The van der Waals surface area contributed by atoms with Gasteiger partial charge in [-0.3, -0.25) is 4.79 Å². The maximum Gasteiger partial charge on any atom is 0.275 e. The van der Waals surface area contributed by atoms with E-state index in [1.165, 1.54) is 12.1 Å². The van der Waals surface area contributed by atoms with Crippen LogP contribution in [0.2, 0.25) is 5.02 Å². The van der Waals surface area contributed by atoms with E-state index in [0.29, 0.717) is 11.3 Å². The molecule has 0 saturated heterocycles. The number of imidazole rings is 1. The van der Waals surface area contributed by atoms with Crippen molar-refractivity contribution in [2.45, 2.75) is 6.92 Å². The Kier molecular flexibility index (Phi) is 3.35. The van der Waals surface area contributed by atoms with Gasteiger partial charge in [0.15, 0.2) is 0 Å². The zero-order valence-corrected chi connectivity index (χ0v) is 11.9. The number of aromatic nitrogens is 2. The van der Waals surface area contributed by atoms with E-state index < -0.39 is 11.7 Å². The largest absolute Gasteiger partial charge is 0.319 e. The fourth-order valence-electron chi connectivity index (χ4n) is 2.03. The Morgan fingerprint density at radius 2 is 2.14 bits per heavy atom. The number of anilines is 1. The summed E-state index contributed by atoms with van der Waals surface area (Å²) in [4.78, 5) is 16.4. The van der Waals surface area contributed by atoms with E-state index in [4.69, 9.17) is 11.6 Å². The number of fused-ring (bicyclic) bond motifs is 1. The third-order valence-electron chi connectivity index (χ3n) is 3.11. The van der Waals surface area contributed by atoms with E-state index in [0.717, 1.165) is 11.8 Å². The lowest BCUT2D eigenvalue weighted by molar-refractivity contribution is 0.102. The van der Waals surface area contributed by atoms with Crippen LogP contribution in [0.5, 0.6) is 0 Å². The Balaban J connectivity index is 1.92. The first-order valence-corrected chi connectivity index (χ1v) is 6.63. The Labute approximate surface area is 125 Å². The average Bonchev–Trinajstić information content (AvgIpc) is 2.87. The molecule has 0 unspecified atom stereocenters. The average molecular weight is 304 g/mol. The van der Waals surface area contributed by atoms with Crippen molar-refractivity contribution in [2.24, 2.45) is 0 Å². The van der Waals surface area contributed by atoms with Gasteiger partial charge in [0.05, 0.1) is 10.7 Å². The van der Waals surface area contributed by atoms with Crippen LogP contribution in [-0.4, -0.2) is 15.3 Å². The van der Waals surface area contributed by atoms with Gasteiger partial charge >= 0.3 is 0 Å². The van der Waals surface area contributed by atoms with Gasteiger partial charge in [-0.25, -0.2) is 9.37 Å². The molecule has 0 spiro atoms. The van der Waals surface area contributed by atoms with Crippen molar-refractivity contribution in [3.05, 3.63) is 64.8 Å². The standard InChI is InChI=1S/C15H11ClFN3O/c1-9-3-2-4-14-18-13(8-20(9)14)15(21)19-12-6-5-10(17)7-11(12)16/h2-8H,1H3,(H,19,21). The molecule has 4 nitrogen and oxygen atoms in total. The van der Waals surface area contributed by atoms with E-state index in [-0.39, 0.29) is 10.7 Å². The molecule has 2 aromatic heterocycles. The number of nitrogens with zero attached hydrogens (tertiary/aromatic N) is 2. The van der Waals surface area contributed by atoms with Crippen LogP contribution in [0.15, 0.2) is 42.6 Å². The second-order valence-electron chi connectivity index (χ2n) is 4.60. The molecule has 0 aliphatic rings. The second-order valence-corrected chi connectivity index (χ2v) is 5.01. The Hall–Kier alpha value is -2.40. The third kappa shape index (κ3) is 2.60. The number of carbonyl (C=O) groups is 1. The molecule has 21 heavy (non-hydrogen) atoms. The van der Waals surface area contributed by atoms with Gasteiger partial charge in [0.1, 0.15) is 17.2 Å². The Bertz CT molecular complexity index is 844. The van der Waals surface area contributed by atoms with Crippen molar-refractivity contribution in [2.75, 3.05) is 5.32 Å². The van der Waals surface area contributed by atoms with E-state index >= 15 is 0 Å². The number of benzene rings is 1. The first-order chi connectivity index (χ1) is 10.0. The van der Waals surface area contributed by atoms with Crippen molar-refractivity contribution in [3.8, 4) is 0 Å². The highest BCUT2D eigenvalue weighted by molar-refractivity contribution is 6.33. The van der Waals surface area contributed by atoms with Crippen molar-refractivity contribution in [1.29, 1.82) is 0 Å². The number of pyridine rings is 1. The van der Waals surface area contributed by atoms with Crippen LogP contribution in [0.3, 0.4) is 0 Å². The maximum absolute atomic E-state index is 13.0. The minimum atomic E-state index is -0.457. The summed E-state index contributed by atoms with van der Waals surface area (Å²) in [5.41, 5.74) is 2.27. The lowest BCUT2D eigenvalue weighted by Crippen LogP contribution is -2.12. The molecule has 0 aliphatic carbocycles. The monoisotopic (exact) mass is 303 g/mol. The summed E-state index contributed by atoms with van der Waals surface area (Å²) >= 11 is 5.88. The molecule has 0 aliphatic heterocycles. The number of hydrogen-bond donors (Lipinski definition) is 1. The lowest BCUT2D eigenvalue weighted by atomic mass is 10.3. The Morgan fingerprint density at radius 3 is 2.86 bits per heavy atom. The van der Waals surface area contributed by atoms with Gasteiger partial charge < -0.3 is 9.72 Å². The fourth-order valence-corrected chi connectivity index (χ4v) is 2.25. The molecule has 106 valence electrons. The molecule has 2 heterocycles. The highest BCUT2D eigenvalue weighted by Gasteiger charge is 2.13. The molecule has 1 aromatic carbocycles. The topological polar surface area (TPSA) is 46.4 Å². The van der Waals surface area contributed by atoms with Gasteiger partial charge in [0.25, 0.3) is 5.91 Å². The molecule has 1 amide bonds. The van der Waals surface area contributed by atoms with Crippen LogP contribution in [0, 0.1) is 12.7 Å². The summed E-state index contributed by atoms with van der Waals surface area (Å²) in [7, 11) is 0. The summed E-state index contributed by atoms with van der Waals surface area (Å²) in [6, 6.07) is 9.40. The van der Waals surface area contributed by atoms with E-state index in [2.05, 4.69) is 10.3 Å². The van der Waals surface area contributed by atoms with E-state index in [1.54, 1.807) is 6.20 Å². The van der Waals surface area contributed by atoms with Gasteiger partial charge in [-0.1, -0.05) is 17.7 Å². The van der Waals surface area contributed by atoms with Crippen LogP contribution in [0.1, 0.15) is 16.2 Å². The molecule has 0 radical (unpaired) electrons. The maximum atomic E-state index is 13.0. The molecular formula is C15H11ClFN3O. The van der Waals surface area contributed by atoms with Crippen LogP contribution in [-0.2, 0) is 0 Å². The van der Waals surface area contributed by atoms with Gasteiger partial charge in [-0.15, -0.1) is 0 Å². The summed E-state index contributed by atoms with van der Waals surface area (Å²) in [5.74, 6) is -0.854. The van der Waals surface area contributed by atoms with Crippen LogP contribution >= 0.6 is 11.6 Å². The summed E-state index contributed by atoms with van der Waals surface area (Å²) < 4.78 is 14.8. The van der Waals surface area contributed by atoms with Gasteiger partial charge in [-0.2, -0.15) is 0 Å². The molecule has 3 aromatic rings. The number of nitrogens with one attached hydrogen (secondary N) is 1. The zero-order chi connectivity index (χ0) is 15.0. The predicted octanol–water partition coefficient (Wildman–Crippen LogP) is 3.69. The van der Waals surface area contributed by atoms with E-state index in [9.17, 15) is 9.18 Å². The quantitative estimate of drug-likeness (QED) is 0.785. The van der Waals surface area contributed by atoms with Crippen LogP contribution in [0.25, 0.3) is 5.65 Å². The number of carbonyl (C=O) groups excluding carboxylic acids is 1. The van der Waals surface area contributed by atoms with Crippen LogP contribution < -0.4 is 5.32 Å². The van der Waals surface area contributed by atoms with Crippen LogP contribution in [0.4, 0.5) is 10.1 Å². The first-order valence-electron chi connectivity index (χ1n) is 6.26. The molecule has 0 atom stereocenters. The highest BCUT2D eigenvalue weighted by atomic mass is 35.5. The number of rotatable bonds is 2. The smallest absolute Gasteiger partial charge is 0.275 e. The first kappa shape index (κ1) is 13.6. The highest BCUT2D eigenvalue weighted by Crippen LogP contribution is 2.23. The van der Waals surface area contributed by atoms with Crippen molar-refractivity contribution in [1.82, 2.24) is 9.38 Å².